The van der Waals surface area contributed by atoms with Gasteiger partial charge in [-0.3, -0.25) is 4.79 Å². The maximum absolute atomic E-state index is 13.4. The number of aromatic nitrogens is 2. The summed E-state index contributed by atoms with van der Waals surface area (Å²) in [5.41, 5.74) is 1.51. The first-order chi connectivity index (χ1) is 13.5. The summed E-state index contributed by atoms with van der Waals surface area (Å²) in [6.45, 7) is 3.52. The maximum Gasteiger partial charge on any atom is 0.316 e. The van der Waals surface area contributed by atoms with Crippen LogP contribution >= 0.6 is 0 Å². The molecule has 1 spiro atoms. The number of halogens is 1. The summed E-state index contributed by atoms with van der Waals surface area (Å²) in [6, 6.07) is 6.52. The van der Waals surface area contributed by atoms with Crippen molar-refractivity contribution in [1.29, 1.82) is 0 Å². The fourth-order valence-electron chi connectivity index (χ4n) is 4.42. The Hall–Kier alpha value is -2.44. The number of hydrogen-bond acceptors (Lipinski definition) is 5. The van der Waals surface area contributed by atoms with Gasteiger partial charge in [0.2, 0.25) is 11.8 Å². The molecule has 3 fully saturated rings. The van der Waals surface area contributed by atoms with E-state index in [-0.39, 0.29) is 29.6 Å². The molecule has 2 heterocycles. The van der Waals surface area contributed by atoms with E-state index in [1.165, 1.54) is 18.9 Å². The molecule has 1 amide bonds. The minimum Gasteiger partial charge on any atom is -0.408 e. The van der Waals surface area contributed by atoms with Crippen LogP contribution in [-0.4, -0.2) is 40.1 Å². The van der Waals surface area contributed by atoms with Crippen LogP contribution in [0.15, 0.2) is 28.7 Å². The lowest BCUT2D eigenvalue weighted by atomic mass is 9.93. The topological polar surface area (TPSA) is 71.3 Å². The lowest BCUT2D eigenvalue weighted by molar-refractivity contribution is -0.133. The average Bonchev–Trinajstić information content (AvgIpc) is 3.61. The van der Waals surface area contributed by atoms with Crippen LogP contribution < -0.4 is 5.32 Å². The van der Waals surface area contributed by atoms with Crippen LogP contribution in [0.3, 0.4) is 0 Å². The van der Waals surface area contributed by atoms with E-state index >= 15 is 0 Å². The molecular weight excluding hydrogens is 359 g/mol. The summed E-state index contributed by atoms with van der Waals surface area (Å²) in [4.78, 5) is 14.6. The monoisotopic (exact) mass is 384 g/mol. The number of carbonyl (C=O) groups excluding carboxylic acids is 1. The molecule has 3 aliphatic rings. The largest absolute Gasteiger partial charge is 0.408 e. The fourth-order valence-corrected chi connectivity index (χ4v) is 4.42. The fraction of sp³-hybridized carbons (Fsp3) is 0.571. The predicted octanol–water partition coefficient (Wildman–Crippen LogP) is 3.68. The van der Waals surface area contributed by atoms with Gasteiger partial charge in [0.25, 0.3) is 0 Å². The molecule has 2 aromatic rings. The minimum atomic E-state index is -0.403. The highest BCUT2D eigenvalue weighted by atomic mass is 19.1. The Balaban J connectivity index is 1.17. The molecule has 2 saturated carbocycles. The van der Waals surface area contributed by atoms with Gasteiger partial charge in [0.1, 0.15) is 11.9 Å². The molecule has 0 bridgehead atoms. The molecule has 0 unspecified atom stereocenters. The van der Waals surface area contributed by atoms with Crippen molar-refractivity contribution in [3.05, 3.63) is 41.5 Å². The minimum absolute atomic E-state index is 0.0827. The molecule has 28 heavy (non-hydrogen) atoms. The third-order valence-electron chi connectivity index (χ3n) is 6.63. The zero-order chi connectivity index (χ0) is 19.3. The van der Waals surface area contributed by atoms with E-state index in [1.807, 2.05) is 17.9 Å². The maximum atomic E-state index is 13.4. The summed E-state index contributed by atoms with van der Waals surface area (Å²) in [7, 11) is 0. The predicted molar refractivity (Wildman–Crippen MR) is 101 cm³/mol. The molecule has 6 nitrogen and oxygen atoms in total. The molecule has 1 N–H and O–H groups in total. The molecular formula is C21H25FN4O2. The SMILES string of the molecule is C[C@@H](Nc1nnc([C@@H]2C[C@@H]2c2cccc(F)c2)o1)C(=O)N1CCC2(CC1)CC2. The molecule has 0 radical (unpaired) electrons. The number of rotatable bonds is 5. The number of likely N-dealkylation sites (tertiary alicyclic amines) is 1. The zero-order valence-electron chi connectivity index (χ0n) is 16.0. The third-order valence-corrected chi connectivity index (χ3v) is 6.63. The van der Waals surface area contributed by atoms with Gasteiger partial charge >= 0.3 is 6.01 Å². The summed E-state index contributed by atoms with van der Waals surface area (Å²) < 4.78 is 19.2. The van der Waals surface area contributed by atoms with Crippen LogP contribution in [0.25, 0.3) is 0 Å². The number of amides is 1. The normalized spacial score (nSPS) is 26.1. The Labute approximate surface area is 163 Å². The highest BCUT2D eigenvalue weighted by molar-refractivity contribution is 5.83. The van der Waals surface area contributed by atoms with Crippen molar-refractivity contribution >= 4 is 11.9 Å². The van der Waals surface area contributed by atoms with Crippen molar-refractivity contribution < 1.29 is 13.6 Å². The van der Waals surface area contributed by atoms with Crippen LogP contribution in [0, 0.1) is 11.2 Å². The van der Waals surface area contributed by atoms with Crippen molar-refractivity contribution in [2.75, 3.05) is 18.4 Å². The van der Waals surface area contributed by atoms with Gasteiger partial charge in [0.05, 0.1) is 0 Å². The lowest BCUT2D eigenvalue weighted by Crippen LogP contribution is -2.45. The first kappa shape index (κ1) is 17.6. The number of piperidine rings is 1. The van der Waals surface area contributed by atoms with E-state index in [2.05, 4.69) is 15.5 Å². The van der Waals surface area contributed by atoms with Gasteiger partial charge < -0.3 is 14.6 Å². The Morgan fingerprint density at radius 2 is 2.04 bits per heavy atom. The second kappa shape index (κ2) is 6.57. The van der Waals surface area contributed by atoms with Crippen LogP contribution in [0.4, 0.5) is 10.4 Å². The number of benzene rings is 1. The van der Waals surface area contributed by atoms with Gasteiger partial charge in [-0.05, 0) is 68.1 Å². The molecule has 1 aromatic carbocycles. The van der Waals surface area contributed by atoms with Gasteiger partial charge in [0, 0.05) is 19.0 Å². The van der Waals surface area contributed by atoms with Crippen molar-refractivity contribution in [1.82, 2.24) is 15.1 Å². The molecule has 1 aromatic heterocycles. The van der Waals surface area contributed by atoms with E-state index in [0.29, 0.717) is 11.3 Å². The van der Waals surface area contributed by atoms with E-state index in [9.17, 15) is 9.18 Å². The van der Waals surface area contributed by atoms with Crippen molar-refractivity contribution in [3.63, 3.8) is 0 Å². The number of nitrogens with zero attached hydrogens (tertiary/aromatic N) is 3. The Bertz CT molecular complexity index is 884. The van der Waals surface area contributed by atoms with Crippen LogP contribution in [0.1, 0.15) is 62.3 Å². The van der Waals surface area contributed by atoms with Gasteiger partial charge in [0.15, 0.2) is 0 Å². The van der Waals surface area contributed by atoms with Gasteiger partial charge in [-0.2, -0.15) is 0 Å². The quantitative estimate of drug-likeness (QED) is 0.851. The summed E-state index contributed by atoms with van der Waals surface area (Å²) in [5.74, 6) is 0.733. The highest BCUT2D eigenvalue weighted by Gasteiger charge is 2.46. The van der Waals surface area contributed by atoms with Crippen LogP contribution in [-0.2, 0) is 4.79 Å². The van der Waals surface area contributed by atoms with Crippen molar-refractivity contribution in [2.45, 2.75) is 56.9 Å². The van der Waals surface area contributed by atoms with Crippen molar-refractivity contribution in [3.8, 4) is 0 Å². The first-order valence-corrected chi connectivity index (χ1v) is 10.2. The number of anilines is 1. The Kier molecular flexibility index (Phi) is 4.14. The standard InChI is InChI=1S/C21H25FN4O2/c1-13(19(27)26-9-7-21(5-6-21)8-10-26)23-20-25-24-18(28-20)17-12-16(17)14-3-2-4-15(22)11-14/h2-4,11,13,16-17H,5-10,12H2,1H3,(H,23,25)/t13-,16-,17-/m1/s1. The number of nitrogens with one attached hydrogen (secondary N) is 1. The second-order valence-electron chi connectivity index (χ2n) is 8.64. The van der Waals surface area contributed by atoms with Gasteiger partial charge in [-0.1, -0.05) is 17.2 Å². The highest BCUT2D eigenvalue weighted by Crippen LogP contribution is 2.54. The average molecular weight is 384 g/mol. The summed E-state index contributed by atoms with van der Waals surface area (Å²) >= 11 is 0. The molecule has 5 rings (SSSR count). The summed E-state index contributed by atoms with van der Waals surface area (Å²) in [5, 5.41) is 11.2. The lowest BCUT2D eigenvalue weighted by Gasteiger charge is -2.33. The van der Waals surface area contributed by atoms with E-state index in [1.54, 1.807) is 12.1 Å². The summed E-state index contributed by atoms with van der Waals surface area (Å²) in [6.07, 6.45) is 5.77. The smallest absolute Gasteiger partial charge is 0.316 e. The second-order valence-corrected chi connectivity index (χ2v) is 8.64. The third kappa shape index (κ3) is 3.38. The van der Waals surface area contributed by atoms with E-state index < -0.39 is 6.04 Å². The number of carbonyl (C=O) groups is 1. The van der Waals surface area contributed by atoms with E-state index in [0.717, 1.165) is 37.9 Å². The zero-order valence-corrected chi connectivity index (χ0v) is 16.0. The molecule has 7 heteroatoms. The molecule has 1 aliphatic heterocycles. The van der Waals surface area contributed by atoms with Gasteiger partial charge in [-0.15, -0.1) is 5.10 Å². The molecule has 1 saturated heterocycles. The Morgan fingerprint density at radius 3 is 2.75 bits per heavy atom. The van der Waals surface area contributed by atoms with Crippen LogP contribution in [0.2, 0.25) is 0 Å². The molecule has 3 atom stereocenters. The van der Waals surface area contributed by atoms with Crippen molar-refractivity contribution in [2.24, 2.45) is 5.41 Å². The molecule has 148 valence electrons. The molecule has 2 aliphatic carbocycles. The van der Waals surface area contributed by atoms with Gasteiger partial charge in [-0.25, -0.2) is 4.39 Å². The first-order valence-electron chi connectivity index (χ1n) is 10.2. The Morgan fingerprint density at radius 1 is 1.25 bits per heavy atom. The van der Waals surface area contributed by atoms with Crippen LogP contribution in [0.5, 0.6) is 0 Å². The van der Waals surface area contributed by atoms with E-state index in [4.69, 9.17) is 4.42 Å². The number of hydrogen-bond donors (Lipinski definition) is 1.